The largest absolute Gasteiger partial charge is 0.381 e. The van der Waals surface area contributed by atoms with Gasteiger partial charge in [0.05, 0.1) is 0 Å². The van der Waals surface area contributed by atoms with Crippen molar-refractivity contribution in [3.05, 3.63) is 47.9 Å². The van der Waals surface area contributed by atoms with Gasteiger partial charge in [0.15, 0.2) is 0 Å². The zero-order valence-corrected chi connectivity index (χ0v) is 14.4. The van der Waals surface area contributed by atoms with Crippen molar-refractivity contribution in [1.82, 2.24) is 10.3 Å². The van der Waals surface area contributed by atoms with Gasteiger partial charge in [-0.05, 0) is 48.2 Å². The van der Waals surface area contributed by atoms with Crippen LogP contribution >= 0.6 is 0 Å². The molecule has 1 aromatic carbocycles. The van der Waals surface area contributed by atoms with Crippen molar-refractivity contribution in [2.75, 3.05) is 44.3 Å². The van der Waals surface area contributed by atoms with Crippen LogP contribution in [-0.4, -0.2) is 44.4 Å². The summed E-state index contributed by atoms with van der Waals surface area (Å²) in [5.74, 6) is 1.27. The Hall–Kier alpha value is -1.98. The number of piperazine rings is 1. The summed E-state index contributed by atoms with van der Waals surface area (Å²) in [6.07, 6.45) is 2.03. The van der Waals surface area contributed by atoms with E-state index >= 15 is 0 Å². The summed E-state index contributed by atoms with van der Waals surface area (Å²) in [5, 5.41) is 3.39. The van der Waals surface area contributed by atoms with E-state index in [0.29, 0.717) is 5.92 Å². The molecule has 0 unspecified atom stereocenters. The first-order valence-electron chi connectivity index (χ1n) is 9.11. The maximum atomic E-state index is 13.3. The van der Waals surface area contributed by atoms with Gasteiger partial charge in [-0.15, -0.1) is 0 Å². The molecule has 4 rings (SSSR count). The average molecular weight is 341 g/mol. The molecule has 2 aromatic rings. The minimum atomic E-state index is -0.204. The Bertz CT molecular complexity index is 671. The lowest BCUT2D eigenvalue weighted by molar-refractivity contribution is 0.0845. The van der Waals surface area contributed by atoms with Gasteiger partial charge in [0.2, 0.25) is 0 Å². The highest BCUT2D eigenvalue weighted by Gasteiger charge is 2.21. The number of halogens is 1. The molecular weight excluding hydrogens is 317 g/mol. The van der Waals surface area contributed by atoms with E-state index in [1.165, 1.54) is 12.1 Å². The third-order valence-corrected chi connectivity index (χ3v) is 5.09. The number of benzene rings is 1. The van der Waals surface area contributed by atoms with Crippen LogP contribution in [0.5, 0.6) is 0 Å². The number of hydrogen-bond acceptors (Lipinski definition) is 4. The van der Waals surface area contributed by atoms with Crippen molar-refractivity contribution in [2.24, 2.45) is 0 Å². The second-order valence-corrected chi connectivity index (χ2v) is 6.77. The van der Waals surface area contributed by atoms with E-state index in [2.05, 4.69) is 22.3 Å². The summed E-state index contributed by atoms with van der Waals surface area (Å²) < 4.78 is 18.8. The fourth-order valence-electron chi connectivity index (χ4n) is 3.60. The van der Waals surface area contributed by atoms with Crippen LogP contribution in [0, 0.1) is 5.82 Å². The van der Waals surface area contributed by atoms with Gasteiger partial charge in [0.25, 0.3) is 0 Å². The predicted molar refractivity (Wildman–Crippen MR) is 97.5 cm³/mol. The highest BCUT2D eigenvalue weighted by Crippen LogP contribution is 2.32. The maximum Gasteiger partial charge on any atom is 0.129 e. The SMILES string of the molecule is Fc1ccc(-c2cc(C3CCOCC3)nc(N3CCNCC3)c2)cc1. The zero-order valence-electron chi connectivity index (χ0n) is 14.4. The quantitative estimate of drug-likeness (QED) is 0.930. The highest BCUT2D eigenvalue weighted by atomic mass is 19.1. The molecule has 3 heterocycles. The molecular formula is C20H24FN3O. The van der Waals surface area contributed by atoms with Gasteiger partial charge < -0.3 is 15.0 Å². The van der Waals surface area contributed by atoms with Gasteiger partial charge >= 0.3 is 0 Å². The molecule has 2 fully saturated rings. The van der Waals surface area contributed by atoms with Crippen molar-refractivity contribution >= 4 is 5.82 Å². The fraction of sp³-hybridized carbons (Fsp3) is 0.450. The fourth-order valence-corrected chi connectivity index (χ4v) is 3.60. The first-order valence-corrected chi connectivity index (χ1v) is 9.11. The second kappa shape index (κ2) is 7.50. The monoisotopic (exact) mass is 341 g/mol. The van der Waals surface area contributed by atoms with E-state index in [1.54, 1.807) is 0 Å². The van der Waals surface area contributed by atoms with Gasteiger partial charge in [-0.25, -0.2) is 9.37 Å². The van der Waals surface area contributed by atoms with Crippen LogP contribution in [0.3, 0.4) is 0 Å². The molecule has 0 amide bonds. The smallest absolute Gasteiger partial charge is 0.129 e. The molecule has 1 N–H and O–H groups in total. The number of nitrogens with zero attached hydrogens (tertiary/aromatic N) is 2. The molecule has 0 spiro atoms. The second-order valence-electron chi connectivity index (χ2n) is 6.77. The molecule has 0 atom stereocenters. The third kappa shape index (κ3) is 3.83. The van der Waals surface area contributed by atoms with Gasteiger partial charge in [-0.3, -0.25) is 0 Å². The van der Waals surface area contributed by atoms with E-state index in [0.717, 1.165) is 74.9 Å². The molecule has 132 valence electrons. The molecule has 2 aliphatic heterocycles. The lowest BCUT2D eigenvalue weighted by Gasteiger charge is -2.30. The number of nitrogens with one attached hydrogen (secondary N) is 1. The van der Waals surface area contributed by atoms with E-state index < -0.39 is 0 Å². The number of ether oxygens (including phenoxy) is 1. The summed E-state index contributed by atoms with van der Waals surface area (Å²) in [6, 6.07) is 11.1. The molecule has 4 nitrogen and oxygen atoms in total. The molecule has 2 aliphatic rings. The van der Waals surface area contributed by atoms with E-state index in [4.69, 9.17) is 9.72 Å². The van der Waals surface area contributed by atoms with Crippen LogP contribution in [0.4, 0.5) is 10.2 Å². The number of pyridine rings is 1. The Morgan fingerprint density at radius 1 is 1.00 bits per heavy atom. The summed E-state index contributed by atoms with van der Waals surface area (Å²) in [4.78, 5) is 7.33. The molecule has 0 radical (unpaired) electrons. The van der Waals surface area contributed by atoms with Crippen molar-refractivity contribution in [3.63, 3.8) is 0 Å². The molecule has 0 bridgehead atoms. The van der Waals surface area contributed by atoms with Crippen LogP contribution in [0.2, 0.25) is 0 Å². The van der Waals surface area contributed by atoms with Gasteiger partial charge in [-0.1, -0.05) is 12.1 Å². The van der Waals surface area contributed by atoms with Gasteiger partial charge in [-0.2, -0.15) is 0 Å². The summed E-state index contributed by atoms with van der Waals surface area (Å²) >= 11 is 0. The van der Waals surface area contributed by atoms with Crippen LogP contribution in [0.15, 0.2) is 36.4 Å². The van der Waals surface area contributed by atoms with Crippen LogP contribution in [0.1, 0.15) is 24.5 Å². The topological polar surface area (TPSA) is 37.4 Å². The molecule has 0 aliphatic carbocycles. The molecule has 1 aromatic heterocycles. The van der Waals surface area contributed by atoms with Crippen molar-refractivity contribution < 1.29 is 9.13 Å². The summed E-state index contributed by atoms with van der Waals surface area (Å²) in [5.41, 5.74) is 3.29. The predicted octanol–water partition coefficient (Wildman–Crippen LogP) is 3.19. The Balaban J connectivity index is 1.72. The standard InChI is InChI=1S/C20H24FN3O/c21-18-3-1-15(2-4-18)17-13-19(16-5-11-25-12-6-16)23-20(14-17)24-9-7-22-8-10-24/h1-4,13-14,16,22H,5-12H2. The number of rotatable bonds is 3. The van der Waals surface area contributed by atoms with Crippen molar-refractivity contribution in [3.8, 4) is 11.1 Å². The van der Waals surface area contributed by atoms with E-state index in [9.17, 15) is 4.39 Å². The van der Waals surface area contributed by atoms with Crippen LogP contribution in [0.25, 0.3) is 11.1 Å². The van der Waals surface area contributed by atoms with Crippen molar-refractivity contribution in [1.29, 1.82) is 0 Å². The lowest BCUT2D eigenvalue weighted by atomic mass is 9.93. The zero-order chi connectivity index (χ0) is 17.1. The highest BCUT2D eigenvalue weighted by molar-refractivity contribution is 5.67. The Kier molecular flexibility index (Phi) is 4.95. The Labute approximate surface area is 148 Å². The molecule has 0 saturated carbocycles. The summed E-state index contributed by atoms with van der Waals surface area (Å²) in [6.45, 7) is 5.50. The van der Waals surface area contributed by atoms with Crippen LogP contribution in [-0.2, 0) is 4.74 Å². The third-order valence-electron chi connectivity index (χ3n) is 5.09. The van der Waals surface area contributed by atoms with Crippen LogP contribution < -0.4 is 10.2 Å². The van der Waals surface area contributed by atoms with Gasteiger partial charge in [0.1, 0.15) is 11.6 Å². The minimum absolute atomic E-state index is 0.204. The van der Waals surface area contributed by atoms with E-state index in [1.807, 2.05) is 12.1 Å². The number of hydrogen-bond donors (Lipinski definition) is 1. The van der Waals surface area contributed by atoms with E-state index in [-0.39, 0.29) is 5.82 Å². The summed E-state index contributed by atoms with van der Waals surface area (Å²) in [7, 11) is 0. The lowest BCUT2D eigenvalue weighted by Crippen LogP contribution is -2.44. The first-order chi connectivity index (χ1) is 12.3. The van der Waals surface area contributed by atoms with Gasteiger partial charge in [0, 0.05) is 51.0 Å². The Morgan fingerprint density at radius 2 is 1.72 bits per heavy atom. The molecule has 25 heavy (non-hydrogen) atoms. The molecule has 2 saturated heterocycles. The first kappa shape index (κ1) is 16.5. The average Bonchev–Trinajstić information content (AvgIpc) is 2.69. The normalized spacial score (nSPS) is 19.2. The number of anilines is 1. The van der Waals surface area contributed by atoms with Crippen molar-refractivity contribution in [2.45, 2.75) is 18.8 Å². The minimum Gasteiger partial charge on any atom is -0.381 e. The Morgan fingerprint density at radius 3 is 2.44 bits per heavy atom. The molecule has 5 heteroatoms. The number of aromatic nitrogens is 1. The maximum absolute atomic E-state index is 13.3.